The number of benzene rings is 1. The zero-order valence-electron chi connectivity index (χ0n) is 7.79. The van der Waals surface area contributed by atoms with Gasteiger partial charge < -0.3 is 5.11 Å². The van der Waals surface area contributed by atoms with E-state index in [-0.39, 0.29) is 6.61 Å². The van der Waals surface area contributed by atoms with Crippen molar-refractivity contribution in [2.75, 3.05) is 12.9 Å². The second kappa shape index (κ2) is 5.54. The Morgan fingerprint density at radius 1 is 1.50 bits per heavy atom. The molecular weight excluding hydrogens is 198 g/mol. The third-order valence-electron chi connectivity index (χ3n) is 1.86. The van der Waals surface area contributed by atoms with Crippen LogP contribution in [0.5, 0.6) is 0 Å². The number of azide groups is 1. The van der Waals surface area contributed by atoms with Crippen molar-refractivity contribution in [2.24, 2.45) is 5.11 Å². The van der Waals surface area contributed by atoms with Gasteiger partial charge in [-0.25, -0.2) is 0 Å². The lowest BCUT2D eigenvalue weighted by atomic mass is 10.1. The molecule has 0 aliphatic carbocycles. The van der Waals surface area contributed by atoms with E-state index in [0.717, 1.165) is 10.5 Å². The summed E-state index contributed by atoms with van der Waals surface area (Å²) in [5.74, 6) is 0. The molecule has 0 spiro atoms. The third-order valence-corrected chi connectivity index (χ3v) is 2.61. The van der Waals surface area contributed by atoms with Crippen LogP contribution in [0.1, 0.15) is 11.6 Å². The second-order valence-corrected chi connectivity index (χ2v) is 3.56. The first-order chi connectivity index (χ1) is 6.81. The summed E-state index contributed by atoms with van der Waals surface area (Å²) in [5.41, 5.74) is 9.11. The lowest BCUT2D eigenvalue weighted by molar-refractivity contribution is 0.268. The van der Waals surface area contributed by atoms with Crippen LogP contribution in [0.15, 0.2) is 34.3 Å². The highest BCUT2D eigenvalue weighted by atomic mass is 32.2. The van der Waals surface area contributed by atoms with Gasteiger partial charge in [0.15, 0.2) is 0 Å². The molecule has 0 fully saturated rings. The molecule has 0 aromatic heterocycles. The maximum atomic E-state index is 8.97. The van der Waals surface area contributed by atoms with Crippen molar-refractivity contribution < 1.29 is 5.11 Å². The molecule has 0 amide bonds. The summed E-state index contributed by atoms with van der Waals surface area (Å²) in [5, 5.41) is 12.5. The molecule has 0 bridgehead atoms. The largest absolute Gasteiger partial charge is 0.396 e. The van der Waals surface area contributed by atoms with Gasteiger partial charge in [0.1, 0.15) is 0 Å². The highest BCUT2D eigenvalue weighted by Crippen LogP contribution is 2.21. The summed E-state index contributed by atoms with van der Waals surface area (Å²) >= 11 is 1.64. The monoisotopic (exact) mass is 209 g/mol. The van der Waals surface area contributed by atoms with Crippen LogP contribution in [0.3, 0.4) is 0 Å². The van der Waals surface area contributed by atoms with E-state index in [2.05, 4.69) is 10.0 Å². The molecule has 0 saturated carbocycles. The Balaban J connectivity index is 2.88. The average molecular weight is 209 g/mol. The van der Waals surface area contributed by atoms with Crippen molar-refractivity contribution in [1.29, 1.82) is 0 Å². The van der Waals surface area contributed by atoms with Crippen LogP contribution < -0.4 is 0 Å². The molecule has 4 nitrogen and oxygen atoms in total. The Kier molecular flexibility index (Phi) is 4.32. The van der Waals surface area contributed by atoms with Crippen molar-refractivity contribution in [3.63, 3.8) is 0 Å². The minimum atomic E-state index is -0.476. The van der Waals surface area contributed by atoms with Gasteiger partial charge in [-0.1, -0.05) is 17.2 Å². The Hall–Kier alpha value is -1.16. The molecule has 1 rings (SSSR count). The van der Waals surface area contributed by atoms with E-state index in [1.807, 2.05) is 30.5 Å². The predicted molar refractivity (Wildman–Crippen MR) is 57.2 cm³/mol. The maximum Gasteiger partial charge on any atom is 0.0856 e. The van der Waals surface area contributed by atoms with Crippen LogP contribution in [0.25, 0.3) is 10.4 Å². The molecule has 0 radical (unpaired) electrons. The van der Waals surface area contributed by atoms with Crippen molar-refractivity contribution in [3.05, 3.63) is 40.3 Å². The van der Waals surface area contributed by atoms with Crippen molar-refractivity contribution in [1.82, 2.24) is 0 Å². The summed E-state index contributed by atoms with van der Waals surface area (Å²) < 4.78 is 0. The van der Waals surface area contributed by atoms with Gasteiger partial charge in [-0.05, 0) is 29.5 Å². The number of hydrogen-bond donors (Lipinski definition) is 1. The summed E-state index contributed by atoms with van der Waals surface area (Å²) in [6.07, 6.45) is 1.99. The van der Waals surface area contributed by atoms with Crippen LogP contribution in [-0.2, 0) is 0 Å². The molecule has 14 heavy (non-hydrogen) atoms. The molecule has 1 unspecified atom stereocenters. The first kappa shape index (κ1) is 10.9. The fourth-order valence-corrected chi connectivity index (χ4v) is 1.51. The molecule has 1 aromatic carbocycles. The van der Waals surface area contributed by atoms with Crippen LogP contribution in [-0.4, -0.2) is 18.0 Å². The van der Waals surface area contributed by atoms with Gasteiger partial charge in [0.2, 0.25) is 0 Å². The standard InChI is InChI=1S/C9H11N3OS/c1-14-8-4-2-7(3-5-8)9(6-13)11-12-10/h2-5,9,13H,6H2,1H3. The number of aliphatic hydroxyl groups excluding tert-OH is 1. The molecule has 5 heteroatoms. The van der Waals surface area contributed by atoms with E-state index >= 15 is 0 Å². The summed E-state index contributed by atoms with van der Waals surface area (Å²) in [6.45, 7) is -0.164. The normalized spacial score (nSPS) is 11.9. The van der Waals surface area contributed by atoms with Crippen molar-refractivity contribution in [3.8, 4) is 0 Å². The summed E-state index contributed by atoms with van der Waals surface area (Å²) in [6, 6.07) is 7.13. The van der Waals surface area contributed by atoms with Crippen molar-refractivity contribution >= 4 is 11.8 Å². The van der Waals surface area contributed by atoms with E-state index in [9.17, 15) is 0 Å². The topological polar surface area (TPSA) is 69.0 Å². The summed E-state index contributed by atoms with van der Waals surface area (Å²) in [7, 11) is 0. The number of rotatable bonds is 4. The van der Waals surface area contributed by atoms with E-state index in [1.54, 1.807) is 11.8 Å². The van der Waals surface area contributed by atoms with Crippen molar-refractivity contribution in [2.45, 2.75) is 10.9 Å². The average Bonchev–Trinajstić information content (AvgIpc) is 2.26. The molecular formula is C9H11N3OS. The third kappa shape index (κ3) is 2.67. The Bertz CT molecular complexity index is 332. The summed E-state index contributed by atoms with van der Waals surface area (Å²) in [4.78, 5) is 3.83. The van der Waals surface area contributed by atoms with Gasteiger partial charge in [0, 0.05) is 9.81 Å². The van der Waals surface area contributed by atoms with Gasteiger partial charge in [-0.3, -0.25) is 0 Å². The minimum absolute atomic E-state index is 0.164. The number of thioether (sulfide) groups is 1. The Labute approximate surface area is 86.6 Å². The van der Waals surface area contributed by atoms with Crippen LogP contribution >= 0.6 is 11.8 Å². The van der Waals surface area contributed by atoms with Crippen LogP contribution in [0.2, 0.25) is 0 Å². The lowest BCUT2D eigenvalue weighted by Gasteiger charge is -2.07. The number of hydrogen-bond acceptors (Lipinski definition) is 3. The number of nitrogens with zero attached hydrogens (tertiary/aromatic N) is 3. The predicted octanol–water partition coefficient (Wildman–Crippen LogP) is 2.75. The van der Waals surface area contributed by atoms with Gasteiger partial charge in [-0.15, -0.1) is 11.8 Å². The fourth-order valence-electron chi connectivity index (χ4n) is 1.10. The van der Waals surface area contributed by atoms with Gasteiger partial charge in [-0.2, -0.15) is 0 Å². The molecule has 1 atom stereocenters. The minimum Gasteiger partial charge on any atom is -0.396 e. The fraction of sp³-hybridized carbons (Fsp3) is 0.333. The van der Waals surface area contributed by atoms with Crippen LogP contribution in [0.4, 0.5) is 0 Å². The zero-order chi connectivity index (χ0) is 10.4. The second-order valence-electron chi connectivity index (χ2n) is 2.68. The zero-order valence-corrected chi connectivity index (χ0v) is 8.61. The van der Waals surface area contributed by atoms with Gasteiger partial charge >= 0.3 is 0 Å². The van der Waals surface area contributed by atoms with Gasteiger partial charge in [0.05, 0.1) is 12.6 Å². The van der Waals surface area contributed by atoms with E-state index in [1.165, 1.54) is 0 Å². The Morgan fingerprint density at radius 3 is 2.57 bits per heavy atom. The highest BCUT2D eigenvalue weighted by Gasteiger charge is 2.06. The first-order valence-electron chi connectivity index (χ1n) is 4.11. The van der Waals surface area contributed by atoms with E-state index in [4.69, 9.17) is 10.6 Å². The highest BCUT2D eigenvalue weighted by molar-refractivity contribution is 7.98. The molecule has 0 aliphatic rings. The smallest absolute Gasteiger partial charge is 0.0856 e. The first-order valence-corrected chi connectivity index (χ1v) is 5.33. The molecule has 1 N–H and O–H groups in total. The van der Waals surface area contributed by atoms with Crippen LogP contribution in [0, 0.1) is 0 Å². The Morgan fingerprint density at radius 2 is 2.14 bits per heavy atom. The molecule has 0 aliphatic heterocycles. The molecule has 74 valence electrons. The molecule has 1 aromatic rings. The van der Waals surface area contributed by atoms with E-state index < -0.39 is 6.04 Å². The quantitative estimate of drug-likeness (QED) is 0.358. The maximum absolute atomic E-state index is 8.97. The van der Waals surface area contributed by atoms with Gasteiger partial charge in [0.25, 0.3) is 0 Å². The SMILES string of the molecule is CSc1ccc(C(CO)N=[N+]=[N-])cc1. The lowest BCUT2D eigenvalue weighted by Crippen LogP contribution is -1.99. The molecule has 0 saturated heterocycles. The molecule has 0 heterocycles. The number of aliphatic hydroxyl groups is 1. The van der Waals surface area contributed by atoms with E-state index in [0.29, 0.717) is 0 Å².